The first kappa shape index (κ1) is 30.5. The van der Waals surface area contributed by atoms with Crippen LogP contribution in [-0.2, 0) is 0 Å². The molecular weight excluding hydrogens is 647 g/mol. The highest BCUT2D eigenvalue weighted by molar-refractivity contribution is 6.33. The van der Waals surface area contributed by atoms with Crippen molar-refractivity contribution in [1.82, 2.24) is 15.0 Å². The Kier molecular flexibility index (Phi) is 8.85. The molecule has 9 rings (SSSR count). The van der Waals surface area contributed by atoms with Gasteiger partial charge in [0, 0.05) is 10.8 Å². The maximum Gasteiger partial charge on any atom is 0.232 e. The lowest BCUT2D eigenvalue weighted by Crippen LogP contribution is -1.99. The van der Waals surface area contributed by atoms with Gasteiger partial charge in [-0.05, 0) is 79.8 Å². The number of aromatic nitrogens is 3. The molecule has 0 aliphatic rings. The molecule has 228 valence electrons. The number of hydrogen-bond donors (Lipinski definition) is 1. The van der Waals surface area contributed by atoms with Crippen molar-refractivity contribution in [1.29, 1.82) is 0 Å². The Hall–Kier alpha value is -5.20. The third-order valence-corrected chi connectivity index (χ3v) is 8.30. The smallest absolute Gasteiger partial charge is 0.232 e. The summed E-state index contributed by atoms with van der Waals surface area (Å²) in [6.07, 6.45) is 0. The maximum absolute atomic E-state index is 5.95. The molecular formula is C39H25Cl3N4O. The summed E-state index contributed by atoms with van der Waals surface area (Å²) in [5, 5.41) is 13.9. The molecule has 2 heterocycles. The van der Waals surface area contributed by atoms with Crippen LogP contribution in [-0.4, -0.2) is 15.0 Å². The van der Waals surface area contributed by atoms with E-state index >= 15 is 0 Å². The second-order valence-electron chi connectivity index (χ2n) is 10.5. The van der Waals surface area contributed by atoms with Gasteiger partial charge in [-0.15, -0.1) is 0 Å². The van der Waals surface area contributed by atoms with Crippen LogP contribution in [0, 0.1) is 0 Å². The highest BCUT2D eigenvalue weighted by Crippen LogP contribution is 2.34. The molecule has 0 amide bonds. The van der Waals surface area contributed by atoms with E-state index in [1.54, 1.807) is 12.1 Å². The van der Waals surface area contributed by atoms with Crippen LogP contribution in [0.3, 0.4) is 0 Å². The SMILES string of the molecule is Clc1nc(Cl)nc(Nc2ccccc2Cl)n1.c1ccc2c(c1)c1ccccc1c1ccccc21.c1ccc2c(c1)oc1ccccc12. The van der Waals surface area contributed by atoms with Crippen LogP contribution in [0.4, 0.5) is 11.6 Å². The molecule has 47 heavy (non-hydrogen) atoms. The number of benzene rings is 7. The van der Waals surface area contributed by atoms with Crippen LogP contribution in [0.1, 0.15) is 0 Å². The van der Waals surface area contributed by atoms with E-state index in [2.05, 4.69) is 105 Å². The molecule has 0 fully saturated rings. The number of anilines is 2. The predicted octanol–water partition coefficient (Wildman–Crippen LogP) is 12.3. The van der Waals surface area contributed by atoms with Crippen molar-refractivity contribution in [3.63, 3.8) is 0 Å². The lowest BCUT2D eigenvalue weighted by molar-refractivity contribution is 0.669. The van der Waals surface area contributed by atoms with Crippen molar-refractivity contribution >= 4 is 101 Å². The Balaban J connectivity index is 0.000000114. The van der Waals surface area contributed by atoms with Crippen molar-refractivity contribution in [3.05, 3.63) is 161 Å². The van der Waals surface area contributed by atoms with Crippen LogP contribution < -0.4 is 5.32 Å². The molecule has 0 atom stereocenters. The Bertz CT molecular complexity index is 2220. The van der Waals surface area contributed by atoms with Gasteiger partial charge in [0.25, 0.3) is 0 Å². The summed E-state index contributed by atoms with van der Waals surface area (Å²) >= 11 is 17.2. The first-order valence-corrected chi connectivity index (χ1v) is 15.9. The Morgan fingerprint density at radius 2 is 0.723 bits per heavy atom. The van der Waals surface area contributed by atoms with E-state index in [0.717, 1.165) is 11.2 Å². The van der Waals surface area contributed by atoms with E-state index in [0.29, 0.717) is 10.7 Å². The van der Waals surface area contributed by atoms with Crippen molar-refractivity contribution < 1.29 is 4.42 Å². The fraction of sp³-hybridized carbons (Fsp3) is 0. The molecule has 0 aliphatic heterocycles. The predicted molar refractivity (Wildman–Crippen MR) is 197 cm³/mol. The van der Waals surface area contributed by atoms with Gasteiger partial charge in [-0.2, -0.15) is 15.0 Å². The summed E-state index contributed by atoms with van der Waals surface area (Å²) in [5.74, 6) is 0.248. The van der Waals surface area contributed by atoms with Crippen LogP contribution in [0.2, 0.25) is 15.6 Å². The van der Waals surface area contributed by atoms with Crippen molar-refractivity contribution in [2.45, 2.75) is 0 Å². The monoisotopic (exact) mass is 670 g/mol. The molecule has 0 saturated heterocycles. The normalized spacial score (nSPS) is 10.9. The fourth-order valence-corrected chi connectivity index (χ4v) is 6.14. The summed E-state index contributed by atoms with van der Waals surface area (Å²) in [6.45, 7) is 0. The minimum absolute atomic E-state index is 0.0227. The molecule has 0 saturated carbocycles. The summed E-state index contributed by atoms with van der Waals surface area (Å²) in [5.41, 5.74) is 2.59. The summed E-state index contributed by atoms with van der Waals surface area (Å²) in [4.78, 5) is 11.4. The molecule has 0 spiro atoms. The van der Waals surface area contributed by atoms with Crippen molar-refractivity contribution in [3.8, 4) is 0 Å². The number of hydrogen-bond acceptors (Lipinski definition) is 5. The summed E-state index contributed by atoms with van der Waals surface area (Å²) in [6, 6.07) is 49.3. The lowest BCUT2D eigenvalue weighted by atomic mass is 9.95. The Morgan fingerprint density at radius 1 is 0.383 bits per heavy atom. The minimum Gasteiger partial charge on any atom is -0.456 e. The van der Waals surface area contributed by atoms with Gasteiger partial charge in [-0.3, -0.25) is 0 Å². The molecule has 9 aromatic rings. The zero-order chi connectivity index (χ0) is 32.2. The average molecular weight is 672 g/mol. The highest BCUT2D eigenvalue weighted by Gasteiger charge is 2.07. The number of furan rings is 1. The molecule has 7 aromatic carbocycles. The second-order valence-corrected chi connectivity index (χ2v) is 11.6. The first-order chi connectivity index (χ1) is 23.0. The average Bonchev–Trinajstić information content (AvgIpc) is 3.49. The van der Waals surface area contributed by atoms with E-state index in [9.17, 15) is 0 Å². The van der Waals surface area contributed by atoms with Gasteiger partial charge >= 0.3 is 0 Å². The lowest BCUT2D eigenvalue weighted by Gasteiger charge is -2.09. The fourth-order valence-electron chi connectivity index (χ4n) is 5.60. The van der Waals surface area contributed by atoms with Gasteiger partial charge in [-0.1, -0.05) is 133 Å². The van der Waals surface area contributed by atoms with Crippen molar-refractivity contribution in [2.24, 2.45) is 0 Å². The molecule has 8 heteroatoms. The molecule has 1 N–H and O–H groups in total. The van der Waals surface area contributed by atoms with E-state index in [4.69, 9.17) is 39.2 Å². The van der Waals surface area contributed by atoms with E-state index in [1.807, 2.05) is 48.5 Å². The zero-order valence-electron chi connectivity index (χ0n) is 24.7. The zero-order valence-corrected chi connectivity index (χ0v) is 27.0. The largest absolute Gasteiger partial charge is 0.456 e. The molecule has 0 bridgehead atoms. The van der Waals surface area contributed by atoms with Gasteiger partial charge < -0.3 is 9.73 Å². The van der Waals surface area contributed by atoms with Gasteiger partial charge in [0.15, 0.2) is 0 Å². The quantitative estimate of drug-likeness (QED) is 0.185. The number of para-hydroxylation sites is 3. The molecule has 0 aliphatic carbocycles. The standard InChI is InChI=1S/C18H12.C12H8O.C9H5Cl3N4/c1-2-8-14-13(7-1)15-9-3-4-11-17(15)18-12-6-5-10-16(14)18;1-3-7-11-9(5-1)10-6-2-4-8-12(10)13-11;10-5-3-1-2-4-6(5)13-9-15-7(11)14-8(12)16-9/h1-12H;1-8H;1-4H,(H,13,14,15,16). The van der Waals surface area contributed by atoms with Gasteiger partial charge in [-0.25, -0.2) is 0 Å². The minimum atomic E-state index is 0.0227. The van der Waals surface area contributed by atoms with Crippen LogP contribution >= 0.6 is 34.8 Å². The number of nitrogens with one attached hydrogen (secondary N) is 1. The van der Waals surface area contributed by atoms with E-state index < -0.39 is 0 Å². The molecule has 5 nitrogen and oxygen atoms in total. The Labute approximate surface area is 285 Å². The van der Waals surface area contributed by atoms with Gasteiger partial charge in [0.05, 0.1) is 10.7 Å². The third kappa shape index (κ3) is 6.56. The Morgan fingerprint density at radius 3 is 1.13 bits per heavy atom. The maximum atomic E-state index is 5.95. The second kappa shape index (κ2) is 13.7. The summed E-state index contributed by atoms with van der Waals surface area (Å²) < 4.78 is 5.65. The molecule has 0 radical (unpaired) electrons. The highest BCUT2D eigenvalue weighted by atomic mass is 35.5. The first-order valence-electron chi connectivity index (χ1n) is 14.8. The number of nitrogens with zero attached hydrogens (tertiary/aromatic N) is 3. The van der Waals surface area contributed by atoms with Gasteiger partial charge in [0.1, 0.15) is 11.2 Å². The number of fused-ring (bicyclic) bond motifs is 9. The van der Waals surface area contributed by atoms with Crippen molar-refractivity contribution in [2.75, 3.05) is 5.32 Å². The van der Waals surface area contributed by atoms with E-state index in [-0.39, 0.29) is 16.5 Å². The van der Waals surface area contributed by atoms with Crippen LogP contribution in [0.25, 0.3) is 54.3 Å². The third-order valence-electron chi connectivity index (χ3n) is 7.64. The number of halogens is 3. The van der Waals surface area contributed by atoms with Crippen LogP contribution in [0.15, 0.2) is 150 Å². The number of rotatable bonds is 2. The molecule has 0 unspecified atom stereocenters. The molecule has 2 aromatic heterocycles. The van der Waals surface area contributed by atoms with Gasteiger partial charge in [0.2, 0.25) is 16.5 Å². The topological polar surface area (TPSA) is 63.8 Å². The van der Waals surface area contributed by atoms with Crippen LogP contribution in [0.5, 0.6) is 0 Å². The summed E-state index contributed by atoms with van der Waals surface area (Å²) in [7, 11) is 0. The van der Waals surface area contributed by atoms with E-state index in [1.165, 1.54) is 43.1 Å².